The van der Waals surface area contributed by atoms with Crippen molar-refractivity contribution in [3.63, 3.8) is 0 Å². The maximum absolute atomic E-state index is 12.9. The van der Waals surface area contributed by atoms with Gasteiger partial charge in [-0.15, -0.1) is 0 Å². The summed E-state index contributed by atoms with van der Waals surface area (Å²) in [5.74, 6) is 0.517. The van der Waals surface area contributed by atoms with Crippen LogP contribution in [0.1, 0.15) is 17.5 Å². The van der Waals surface area contributed by atoms with Gasteiger partial charge in [0.1, 0.15) is 5.75 Å². The van der Waals surface area contributed by atoms with Crippen molar-refractivity contribution in [2.45, 2.75) is 24.3 Å². The fraction of sp³-hybridized carbons (Fsp3) is 0.278. The summed E-state index contributed by atoms with van der Waals surface area (Å²) in [6, 6.07) is 9.85. The number of carbonyl (C=O) groups is 1. The summed E-state index contributed by atoms with van der Waals surface area (Å²) in [7, 11) is -0.662. The first-order valence-corrected chi connectivity index (χ1v) is 9.84. The van der Waals surface area contributed by atoms with Crippen LogP contribution in [0.15, 0.2) is 41.3 Å². The highest BCUT2D eigenvalue weighted by molar-refractivity contribution is 7.89. The molecule has 138 valence electrons. The average Bonchev–Trinajstić information content (AvgIpc) is 2.61. The number of rotatable bonds is 5. The van der Waals surface area contributed by atoms with Crippen molar-refractivity contribution in [1.82, 2.24) is 4.31 Å². The molecule has 0 saturated carbocycles. The topological polar surface area (TPSA) is 75.7 Å². The fourth-order valence-electron chi connectivity index (χ4n) is 2.90. The third kappa shape index (κ3) is 3.70. The lowest BCUT2D eigenvalue weighted by atomic mass is 10.0. The first-order valence-electron chi connectivity index (χ1n) is 8.03. The number of nitrogens with zero attached hydrogens (tertiary/aromatic N) is 1. The molecule has 1 aliphatic heterocycles. The number of methoxy groups -OCH3 is 1. The predicted octanol–water partition coefficient (Wildman–Crippen LogP) is 3.05. The van der Waals surface area contributed by atoms with E-state index in [1.54, 1.807) is 30.3 Å². The summed E-state index contributed by atoms with van der Waals surface area (Å²) >= 11 is 6.02. The molecule has 2 aromatic carbocycles. The second-order valence-electron chi connectivity index (χ2n) is 6.08. The van der Waals surface area contributed by atoms with Gasteiger partial charge in [0.15, 0.2) is 0 Å². The number of halogens is 1. The van der Waals surface area contributed by atoms with E-state index in [9.17, 15) is 13.2 Å². The zero-order chi connectivity index (χ0) is 18.9. The number of hydrogen-bond acceptors (Lipinski definition) is 4. The number of nitrogens with one attached hydrogen (secondary N) is 1. The third-order valence-electron chi connectivity index (χ3n) is 4.32. The molecule has 6 nitrogen and oxygen atoms in total. The summed E-state index contributed by atoms with van der Waals surface area (Å²) in [6.45, 7) is 0.125. The zero-order valence-electron chi connectivity index (χ0n) is 14.5. The van der Waals surface area contributed by atoms with Crippen LogP contribution in [0, 0.1) is 0 Å². The van der Waals surface area contributed by atoms with Crippen LogP contribution in [0.4, 0.5) is 5.69 Å². The maximum Gasteiger partial charge on any atom is 0.243 e. The molecule has 3 rings (SSSR count). The molecule has 26 heavy (non-hydrogen) atoms. The Balaban J connectivity index is 1.88. The van der Waals surface area contributed by atoms with Crippen LogP contribution in [0.5, 0.6) is 5.75 Å². The number of aryl methyl sites for hydroxylation is 1. The first kappa shape index (κ1) is 18.7. The number of ether oxygens (including phenoxy) is 1. The first-order chi connectivity index (χ1) is 12.3. The molecule has 0 aliphatic carbocycles. The molecule has 8 heteroatoms. The fourth-order valence-corrected chi connectivity index (χ4v) is 4.29. The van der Waals surface area contributed by atoms with Crippen LogP contribution in [-0.2, 0) is 27.8 Å². The highest BCUT2D eigenvalue weighted by Gasteiger charge is 2.24. The number of benzene rings is 2. The van der Waals surface area contributed by atoms with Gasteiger partial charge in [-0.1, -0.05) is 11.6 Å². The molecule has 0 unspecified atom stereocenters. The molecular formula is C18H19ClN2O4S. The standard InChI is InChI=1S/C18H19ClN2O4S/c1-21(11-13-9-14(19)4-7-17(13)25-2)26(23,24)15-5-6-16-12(10-15)3-8-18(22)20-16/h4-7,9-10H,3,8,11H2,1-2H3,(H,20,22). The number of fused-ring (bicyclic) bond motifs is 1. The molecule has 0 bridgehead atoms. The highest BCUT2D eigenvalue weighted by Crippen LogP contribution is 2.29. The van der Waals surface area contributed by atoms with E-state index >= 15 is 0 Å². The van der Waals surface area contributed by atoms with Gasteiger partial charge < -0.3 is 10.1 Å². The van der Waals surface area contributed by atoms with Crippen molar-refractivity contribution in [2.24, 2.45) is 0 Å². The van der Waals surface area contributed by atoms with Crippen molar-refractivity contribution < 1.29 is 17.9 Å². The second-order valence-corrected chi connectivity index (χ2v) is 8.57. The molecule has 2 aromatic rings. The summed E-state index contributed by atoms with van der Waals surface area (Å²) in [5, 5.41) is 3.26. The lowest BCUT2D eigenvalue weighted by molar-refractivity contribution is -0.116. The smallest absolute Gasteiger partial charge is 0.243 e. The summed E-state index contributed by atoms with van der Waals surface area (Å²) in [6.07, 6.45) is 0.877. The SMILES string of the molecule is COc1ccc(Cl)cc1CN(C)S(=O)(=O)c1ccc2c(c1)CCC(=O)N2. The molecule has 0 aromatic heterocycles. The minimum absolute atomic E-state index is 0.0572. The Morgan fingerprint density at radius 3 is 2.69 bits per heavy atom. The Kier molecular flexibility index (Phi) is 5.22. The van der Waals surface area contributed by atoms with Gasteiger partial charge >= 0.3 is 0 Å². The van der Waals surface area contributed by atoms with Crippen molar-refractivity contribution in [1.29, 1.82) is 0 Å². The molecular weight excluding hydrogens is 376 g/mol. The molecule has 0 saturated heterocycles. The molecule has 0 radical (unpaired) electrons. The monoisotopic (exact) mass is 394 g/mol. The van der Waals surface area contributed by atoms with Crippen LogP contribution in [0.25, 0.3) is 0 Å². The van der Waals surface area contributed by atoms with Gasteiger partial charge in [0.2, 0.25) is 15.9 Å². The lowest BCUT2D eigenvalue weighted by Gasteiger charge is -2.21. The van der Waals surface area contributed by atoms with Gasteiger partial charge in [-0.25, -0.2) is 8.42 Å². The average molecular weight is 395 g/mol. The summed E-state index contributed by atoms with van der Waals surface area (Å²) < 4.78 is 32.4. The summed E-state index contributed by atoms with van der Waals surface area (Å²) in [5.41, 5.74) is 2.16. The van der Waals surface area contributed by atoms with E-state index in [1.807, 2.05) is 0 Å². The Morgan fingerprint density at radius 1 is 1.19 bits per heavy atom. The lowest BCUT2D eigenvalue weighted by Crippen LogP contribution is -2.27. The van der Waals surface area contributed by atoms with Crippen molar-refractivity contribution in [3.8, 4) is 5.75 Å². The Hall–Kier alpha value is -2.09. The molecule has 1 amide bonds. The van der Waals surface area contributed by atoms with Crippen molar-refractivity contribution in [3.05, 3.63) is 52.5 Å². The maximum atomic E-state index is 12.9. The van der Waals surface area contributed by atoms with Gasteiger partial charge in [0.25, 0.3) is 0 Å². The number of amides is 1. The molecule has 0 atom stereocenters. The van der Waals surface area contributed by atoms with Gasteiger partial charge in [-0.05, 0) is 48.4 Å². The van der Waals surface area contributed by atoms with Crippen molar-refractivity contribution >= 4 is 33.2 Å². The van der Waals surface area contributed by atoms with Crippen LogP contribution >= 0.6 is 11.6 Å². The van der Waals surface area contributed by atoms with E-state index in [-0.39, 0.29) is 17.3 Å². The van der Waals surface area contributed by atoms with Gasteiger partial charge in [-0.2, -0.15) is 4.31 Å². The second kappa shape index (κ2) is 7.26. The van der Waals surface area contributed by atoms with E-state index in [4.69, 9.17) is 16.3 Å². The Labute approximate surface area is 157 Å². The molecule has 1 heterocycles. The normalized spacial score (nSPS) is 14.1. The Bertz CT molecular complexity index is 960. The number of anilines is 1. The van der Waals surface area contributed by atoms with E-state index in [0.717, 1.165) is 5.56 Å². The molecule has 0 spiro atoms. The quantitative estimate of drug-likeness (QED) is 0.845. The van der Waals surface area contributed by atoms with Gasteiger partial charge in [-0.3, -0.25) is 4.79 Å². The van der Waals surface area contributed by atoms with E-state index in [2.05, 4.69) is 5.32 Å². The molecule has 0 fully saturated rings. The predicted molar refractivity (Wildman–Crippen MR) is 100 cm³/mol. The number of hydrogen-bond donors (Lipinski definition) is 1. The third-order valence-corrected chi connectivity index (χ3v) is 6.35. The van der Waals surface area contributed by atoms with Crippen molar-refractivity contribution in [2.75, 3.05) is 19.5 Å². The highest BCUT2D eigenvalue weighted by atomic mass is 35.5. The van der Waals surface area contributed by atoms with Gasteiger partial charge in [0, 0.05) is 36.3 Å². The molecule has 1 N–H and O–H groups in total. The Morgan fingerprint density at radius 2 is 1.96 bits per heavy atom. The minimum Gasteiger partial charge on any atom is -0.496 e. The molecule has 1 aliphatic rings. The van der Waals surface area contributed by atoms with E-state index in [0.29, 0.717) is 34.9 Å². The minimum atomic E-state index is -3.70. The van der Waals surface area contributed by atoms with Crippen LogP contribution < -0.4 is 10.1 Å². The van der Waals surface area contributed by atoms with E-state index < -0.39 is 10.0 Å². The van der Waals surface area contributed by atoms with Crippen LogP contribution in [0.3, 0.4) is 0 Å². The van der Waals surface area contributed by atoms with Crippen LogP contribution in [-0.4, -0.2) is 32.8 Å². The van der Waals surface area contributed by atoms with Crippen LogP contribution in [0.2, 0.25) is 5.02 Å². The zero-order valence-corrected chi connectivity index (χ0v) is 16.0. The number of carbonyl (C=O) groups excluding carboxylic acids is 1. The van der Waals surface area contributed by atoms with Gasteiger partial charge in [0.05, 0.1) is 12.0 Å². The largest absolute Gasteiger partial charge is 0.496 e. The van der Waals surface area contributed by atoms with E-state index in [1.165, 1.54) is 24.5 Å². The summed E-state index contributed by atoms with van der Waals surface area (Å²) in [4.78, 5) is 11.6. The number of sulfonamides is 1.